The summed E-state index contributed by atoms with van der Waals surface area (Å²) in [5, 5.41) is 61.0. The molecule has 1 amide bonds. The number of nitrogens with zero attached hydrogens (tertiary/aromatic N) is 1. The Balaban J connectivity index is 1.48. The number of carbonyl (C=O) groups is 3. The van der Waals surface area contributed by atoms with Crippen LogP contribution >= 0.6 is 11.8 Å². The van der Waals surface area contributed by atoms with Crippen LogP contribution in [0, 0.1) is 30.6 Å². The maximum Gasteiger partial charge on any atom is 0.312 e. The number of hydrogen-bond acceptors (Lipinski definition) is 14. The molecule has 3 aliphatic heterocycles. The molecule has 0 radical (unpaired) electrons. The molecule has 0 saturated carbocycles. The van der Waals surface area contributed by atoms with E-state index in [1.165, 1.54) is 53.2 Å². The van der Waals surface area contributed by atoms with Gasteiger partial charge in [0.2, 0.25) is 0 Å². The summed E-state index contributed by atoms with van der Waals surface area (Å²) in [5.74, 6) is -7.25. The molecule has 62 heavy (non-hydrogen) atoms. The number of aromatic nitrogens is 2. The Bertz CT molecular complexity index is 2450. The van der Waals surface area contributed by atoms with Crippen molar-refractivity contribution in [2.75, 3.05) is 18.2 Å². The van der Waals surface area contributed by atoms with Crippen LogP contribution in [0.25, 0.3) is 21.8 Å². The maximum absolute atomic E-state index is 14.5. The van der Waals surface area contributed by atoms with Gasteiger partial charge in [-0.1, -0.05) is 58.1 Å². The zero-order valence-electron chi connectivity index (χ0n) is 36.2. The van der Waals surface area contributed by atoms with E-state index in [1.807, 2.05) is 24.3 Å². The molecule has 7 rings (SSSR count). The third kappa shape index (κ3) is 8.73. The number of allylic oxidation sites excluding steroid dienone is 2. The number of benzene rings is 3. The van der Waals surface area contributed by atoms with Crippen LogP contribution in [0.2, 0.25) is 0 Å². The lowest BCUT2D eigenvalue weighted by Gasteiger charge is -2.38. The standard InChI is InChI=1S/C46H55N3O12S/c1-21-13-12-14-22(2)45(57)49-35-39(54)33-32(40(55)43(35)62-20-18-31-47-28-15-10-11-16-29(28)48-31)34-42(26(6)38(33)53)61-46(8,44(34)56)59-19-17-30(58-9)23(3)41(60-27(7)50)25(5)37(52)24(4)36(21)51/h10-17,19,21,23-25,30,36-37,41,51-55H,18,20H2,1-9H3,(H,47,48)(H,49,57)/b13-12+,19-17+,22-14+. The second kappa shape index (κ2) is 18.4. The molecular weight excluding hydrogens is 819 g/mol. The van der Waals surface area contributed by atoms with Gasteiger partial charge in [-0.3, -0.25) is 14.4 Å². The average molecular weight is 874 g/mol. The quantitative estimate of drug-likeness (QED) is 0.0450. The average Bonchev–Trinajstić information content (AvgIpc) is 3.78. The minimum absolute atomic E-state index is 0.0164. The number of H-pyrrole nitrogens is 1. The number of methoxy groups -OCH3 is 1. The number of para-hydroxylation sites is 2. The fourth-order valence-corrected chi connectivity index (χ4v) is 9.24. The predicted molar refractivity (Wildman–Crippen MR) is 234 cm³/mol. The molecule has 0 aliphatic carbocycles. The molecule has 4 heterocycles. The number of carbonyl (C=O) groups excluding carboxylic acids is 3. The lowest BCUT2D eigenvalue weighted by atomic mass is 9.78. The number of anilines is 1. The number of amides is 1. The largest absolute Gasteiger partial charge is 0.507 e. The summed E-state index contributed by atoms with van der Waals surface area (Å²) < 4.78 is 23.7. The van der Waals surface area contributed by atoms with Crippen LogP contribution in [0.3, 0.4) is 0 Å². The Morgan fingerprint density at radius 3 is 2.34 bits per heavy atom. The lowest BCUT2D eigenvalue weighted by molar-refractivity contribution is -0.160. The molecule has 5 bridgehead atoms. The normalized spacial score (nSPS) is 29.2. The summed E-state index contributed by atoms with van der Waals surface area (Å²) >= 11 is 1.09. The number of hydrogen-bond donors (Lipinski definition) is 7. The highest BCUT2D eigenvalue weighted by Crippen LogP contribution is 2.57. The fraction of sp³-hybridized carbons (Fsp3) is 0.435. The van der Waals surface area contributed by atoms with Gasteiger partial charge in [-0.05, 0) is 32.1 Å². The van der Waals surface area contributed by atoms with Crippen molar-refractivity contribution < 1.29 is 58.9 Å². The molecule has 3 aromatic carbocycles. The molecule has 9 unspecified atom stereocenters. The number of nitrogens with one attached hydrogen (secondary N) is 2. The predicted octanol–water partition coefficient (Wildman–Crippen LogP) is 6.97. The lowest BCUT2D eigenvalue weighted by Crippen LogP contribution is -2.46. The molecule has 332 valence electrons. The van der Waals surface area contributed by atoms with E-state index in [2.05, 4.69) is 15.3 Å². The van der Waals surface area contributed by atoms with Gasteiger partial charge in [0.15, 0.2) is 5.75 Å². The summed E-state index contributed by atoms with van der Waals surface area (Å²) in [6.45, 7) is 12.6. The molecule has 0 spiro atoms. The van der Waals surface area contributed by atoms with Crippen LogP contribution in [-0.2, 0) is 30.2 Å². The van der Waals surface area contributed by atoms with Gasteiger partial charge in [0, 0.05) is 73.3 Å². The maximum atomic E-state index is 14.5. The number of aliphatic hydroxyl groups excluding tert-OH is 2. The number of aryl methyl sites for hydroxylation is 1. The van der Waals surface area contributed by atoms with Gasteiger partial charge in [0.25, 0.3) is 11.7 Å². The minimum atomic E-state index is -2.04. The fourth-order valence-electron chi connectivity index (χ4n) is 8.21. The van der Waals surface area contributed by atoms with Crippen molar-refractivity contribution >= 4 is 56.9 Å². The summed E-state index contributed by atoms with van der Waals surface area (Å²) in [6.07, 6.45) is 3.98. The van der Waals surface area contributed by atoms with Crippen LogP contribution in [0.1, 0.15) is 70.2 Å². The van der Waals surface area contributed by atoms with Gasteiger partial charge in [-0.2, -0.15) is 0 Å². The SMILES string of the molecule is COC1/C=C/OC2(C)Oc3c(C)c(O)c4c(O)c(c(SCCc5nc6ccccc6[nH]5)c(O)c4c3C2=O)NC(=O)/C(C)=C/C=C/C(C)C(O)C(C)C(O)C(C)C(OC(C)=O)C1C. The van der Waals surface area contributed by atoms with E-state index in [0.717, 1.165) is 22.8 Å². The summed E-state index contributed by atoms with van der Waals surface area (Å²) in [5.41, 5.74) is 1.50. The second-order valence-electron chi connectivity index (χ2n) is 16.3. The molecule has 16 heteroatoms. The van der Waals surface area contributed by atoms with E-state index in [0.29, 0.717) is 18.0 Å². The molecule has 0 fully saturated rings. The molecule has 3 aliphatic rings. The van der Waals surface area contributed by atoms with Gasteiger partial charge in [-0.15, -0.1) is 11.8 Å². The van der Waals surface area contributed by atoms with E-state index in [-0.39, 0.29) is 43.8 Å². The number of ether oxygens (including phenoxy) is 4. The smallest absolute Gasteiger partial charge is 0.312 e. The van der Waals surface area contributed by atoms with Crippen LogP contribution in [-0.4, -0.2) is 96.2 Å². The molecule has 0 saturated heterocycles. The first-order valence-corrected chi connectivity index (χ1v) is 21.4. The molecular formula is C46H55N3O12S. The van der Waals surface area contributed by atoms with Gasteiger partial charge >= 0.3 is 11.8 Å². The summed E-state index contributed by atoms with van der Waals surface area (Å²) in [6, 6.07) is 7.54. The highest BCUT2D eigenvalue weighted by molar-refractivity contribution is 7.99. The monoisotopic (exact) mass is 873 g/mol. The van der Waals surface area contributed by atoms with Gasteiger partial charge < -0.3 is 54.8 Å². The number of Topliss-reactive ketones (excluding diaryl/α,β-unsaturated/α-hetero) is 1. The second-order valence-corrected chi connectivity index (χ2v) is 17.4. The molecule has 7 N–H and O–H groups in total. The Kier molecular flexibility index (Phi) is 13.7. The van der Waals surface area contributed by atoms with Crippen LogP contribution in [0.4, 0.5) is 5.69 Å². The number of imidazole rings is 1. The molecule has 15 nitrogen and oxygen atoms in total. The Morgan fingerprint density at radius 1 is 0.952 bits per heavy atom. The van der Waals surface area contributed by atoms with Crippen LogP contribution < -0.4 is 10.1 Å². The topological polar surface area (TPSA) is 230 Å². The number of aromatic amines is 1. The number of esters is 1. The number of phenols is 3. The third-order valence-electron chi connectivity index (χ3n) is 12.0. The summed E-state index contributed by atoms with van der Waals surface area (Å²) in [4.78, 5) is 48.6. The number of phenolic OH excluding ortho intramolecular Hbond substituents is 3. The first-order valence-electron chi connectivity index (χ1n) is 20.5. The van der Waals surface area contributed by atoms with Crippen LogP contribution in [0.15, 0.2) is 65.3 Å². The number of thioether (sulfide) groups is 1. The number of ketones is 1. The number of aliphatic hydroxyl groups is 2. The van der Waals surface area contributed by atoms with Crippen molar-refractivity contribution in [1.82, 2.24) is 9.97 Å². The Morgan fingerprint density at radius 2 is 1.66 bits per heavy atom. The van der Waals surface area contributed by atoms with Crippen LogP contribution in [0.5, 0.6) is 23.0 Å². The number of aromatic hydroxyl groups is 3. The highest BCUT2D eigenvalue weighted by atomic mass is 32.2. The van der Waals surface area contributed by atoms with Crippen molar-refractivity contribution in [1.29, 1.82) is 0 Å². The van der Waals surface area contributed by atoms with E-state index in [1.54, 1.807) is 39.8 Å². The van der Waals surface area contributed by atoms with Gasteiger partial charge in [-0.25, -0.2) is 4.98 Å². The van der Waals surface area contributed by atoms with E-state index < -0.39 is 88.8 Å². The highest BCUT2D eigenvalue weighted by Gasteiger charge is 2.50. The van der Waals surface area contributed by atoms with E-state index in [4.69, 9.17) is 18.9 Å². The molecule has 4 aromatic rings. The molecule has 1 aromatic heterocycles. The summed E-state index contributed by atoms with van der Waals surface area (Å²) in [7, 11) is 1.44. The third-order valence-corrected chi connectivity index (χ3v) is 13.1. The zero-order chi connectivity index (χ0) is 45.4. The zero-order valence-corrected chi connectivity index (χ0v) is 37.0. The van der Waals surface area contributed by atoms with Crippen molar-refractivity contribution in [2.24, 2.45) is 23.7 Å². The van der Waals surface area contributed by atoms with Crippen molar-refractivity contribution in [3.63, 3.8) is 0 Å². The van der Waals surface area contributed by atoms with Gasteiger partial charge in [0.1, 0.15) is 34.9 Å². The first kappa shape index (κ1) is 46.0. The first-order chi connectivity index (χ1) is 29.3. The van der Waals surface area contributed by atoms with E-state index in [9.17, 15) is 39.9 Å². The minimum Gasteiger partial charge on any atom is -0.507 e. The van der Waals surface area contributed by atoms with Crippen molar-refractivity contribution in [3.05, 3.63) is 77.4 Å². The van der Waals surface area contributed by atoms with Crippen molar-refractivity contribution in [3.8, 4) is 23.0 Å². The molecule has 9 atom stereocenters. The van der Waals surface area contributed by atoms with Gasteiger partial charge in [0.05, 0.1) is 51.5 Å². The van der Waals surface area contributed by atoms with E-state index >= 15 is 0 Å². The Labute approximate surface area is 363 Å². The number of fused-ring (bicyclic) bond motifs is 15. The Hall–Kier alpha value is -5.55. The number of rotatable bonds is 6. The van der Waals surface area contributed by atoms with Crippen molar-refractivity contribution in [2.45, 2.75) is 96.9 Å².